The van der Waals surface area contributed by atoms with E-state index in [1.54, 1.807) is 6.42 Å². The van der Waals surface area contributed by atoms with Crippen molar-refractivity contribution in [1.29, 1.82) is 0 Å². The van der Waals surface area contributed by atoms with Crippen molar-refractivity contribution >= 4 is 0 Å². The predicted octanol–water partition coefficient (Wildman–Crippen LogP) is 2.32. The summed E-state index contributed by atoms with van der Waals surface area (Å²) in [6.45, 7) is -1.12. The SMILES string of the molecule is FC(F)(F)COC1[CH]CCC1. The summed E-state index contributed by atoms with van der Waals surface area (Å²) in [5.74, 6) is 0. The second-order valence-corrected chi connectivity index (χ2v) is 2.63. The van der Waals surface area contributed by atoms with Gasteiger partial charge >= 0.3 is 6.18 Å². The average molecular weight is 167 g/mol. The molecule has 0 N–H and O–H groups in total. The molecule has 0 heterocycles. The summed E-state index contributed by atoms with van der Waals surface area (Å²) in [5.41, 5.74) is 0. The Morgan fingerprint density at radius 2 is 2.18 bits per heavy atom. The van der Waals surface area contributed by atoms with Gasteiger partial charge in [-0.05, 0) is 19.3 Å². The first-order valence-corrected chi connectivity index (χ1v) is 3.59. The summed E-state index contributed by atoms with van der Waals surface area (Å²) < 4.78 is 39.3. The molecular weight excluding hydrogens is 157 g/mol. The van der Waals surface area contributed by atoms with Crippen LogP contribution in [0.4, 0.5) is 13.2 Å². The molecule has 65 valence electrons. The molecule has 1 nitrogen and oxygen atoms in total. The molecular formula is C7H10F3O. The fourth-order valence-corrected chi connectivity index (χ4v) is 1.09. The van der Waals surface area contributed by atoms with Crippen molar-refractivity contribution in [1.82, 2.24) is 0 Å². The van der Waals surface area contributed by atoms with E-state index in [1.807, 2.05) is 0 Å². The number of halogens is 3. The maximum absolute atomic E-state index is 11.6. The number of alkyl halides is 3. The van der Waals surface area contributed by atoms with Gasteiger partial charge in [0.05, 0.1) is 6.10 Å². The van der Waals surface area contributed by atoms with Crippen LogP contribution in [0.1, 0.15) is 19.3 Å². The Balaban J connectivity index is 2.11. The summed E-state index contributed by atoms with van der Waals surface area (Å²) in [6, 6.07) is 0. The maximum Gasteiger partial charge on any atom is 0.411 e. The smallest absolute Gasteiger partial charge is 0.369 e. The fourth-order valence-electron chi connectivity index (χ4n) is 1.09. The summed E-state index contributed by atoms with van der Waals surface area (Å²) in [6.07, 6.45) is -0.0971. The Morgan fingerprint density at radius 3 is 2.64 bits per heavy atom. The van der Waals surface area contributed by atoms with Crippen LogP contribution >= 0.6 is 0 Å². The summed E-state index contributed by atoms with van der Waals surface area (Å²) in [7, 11) is 0. The lowest BCUT2D eigenvalue weighted by molar-refractivity contribution is -0.181. The highest BCUT2D eigenvalue weighted by molar-refractivity contribution is 4.84. The molecule has 0 aromatic rings. The highest BCUT2D eigenvalue weighted by atomic mass is 19.4. The lowest BCUT2D eigenvalue weighted by atomic mass is 10.3. The molecule has 1 aliphatic carbocycles. The van der Waals surface area contributed by atoms with Crippen LogP contribution in [0, 0.1) is 6.42 Å². The minimum absolute atomic E-state index is 0.267. The highest BCUT2D eigenvalue weighted by Gasteiger charge is 2.29. The molecule has 0 aromatic carbocycles. The average Bonchev–Trinajstić information content (AvgIpc) is 2.32. The van der Waals surface area contributed by atoms with Crippen molar-refractivity contribution in [2.24, 2.45) is 0 Å². The summed E-state index contributed by atoms with van der Waals surface area (Å²) in [4.78, 5) is 0. The van der Waals surface area contributed by atoms with Gasteiger partial charge in [0.25, 0.3) is 0 Å². The Bertz CT molecular complexity index is 115. The van der Waals surface area contributed by atoms with E-state index in [-0.39, 0.29) is 6.10 Å². The number of hydrogen-bond donors (Lipinski definition) is 0. The van der Waals surface area contributed by atoms with Crippen LogP contribution in [0.3, 0.4) is 0 Å². The molecule has 0 aliphatic heterocycles. The van der Waals surface area contributed by atoms with Crippen LogP contribution in [-0.4, -0.2) is 18.9 Å². The molecule has 1 atom stereocenters. The van der Waals surface area contributed by atoms with Crippen molar-refractivity contribution in [2.45, 2.75) is 31.5 Å². The number of ether oxygens (including phenoxy) is 1. The topological polar surface area (TPSA) is 9.23 Å². The van der Waals surface area contributed by atoms with Crippen LogP contribution in [0.25, 0.3) is 0 Å². The van der Waals surface area contributed by atoms with E-state index in [2.05, 4.69) is 4.74 Å². The van der Waals surface area contributed by atoms with Crippen LogP contribution < -0.4 is 0 Å². The van der Waals surface area contributed by atoms with Gasteiger partial charge in [0.1, 0.15) is 6.61 Å². The molecule has 1 fully saturated rings. The van der Waals surface area contributed by atoms with Crippen molar-refractivity contribution in [3.63, 3.8) is 0 Å². The minimum Gasteiger partial charge on any atom is -0.369 e. The highest BCUT2D eigenvalue weighted by Crippen LogP contribution is 2.23. The molecule has 1 aliphatic rings. The van der Waals surface area contributed by atoms with E-state index in [9.17, 15) is 13.2 Å². The fraction of sp³-hybridized carbons (Fsp3) is 0.857. The first-order valence-electron chi connectivity index (χ1n) is 3.59. The first-order chi connectivity index (χ1) is 5.08. The molecule has 4 heteroatoms. The van der Waals surface area contributed by atoms with E-state index < -0.39 is 12.8 Å². The Hall–Kier alpha value is -0.250. The van der Waals surface area contributed by atoms with Crippen LogP contribution in [-0.2, 0) is 4.74 Å². The lowest BCUT2D eigenvalue weighted by Gasteiger charge is -2.12. The van der Waals surface area contributed by atoms with Gasteiger partial charge in [-0.1, -0.05) is 6.42 Å². The molecule has 0 spiro atoms. The summed E-state index contributed by atoms with van der Waals surface area (Å²) >= 11 is 0. The molecule has 11 heavy (non-hydrogen) atoms. The van der Waals surface area contributed by atoms with E-state index >= 15 is 0 Å². The largest absolute Gasteiger partial charge is 0.411 e. The molecule has 0 amide bonds. The molecule has 1 radical (unpaired) electrons. The molecule has 1 saturated carbocycles. The van der Waals surface area contributed by atoms with E-state index in [0.29, 0.717) is 0 Å². The Labute approximate surface area is 63.5 Å². The van der Waals surface area contributed by atoms with Gasteiger partial charge in [0.15, 0.2) is 0 Å². The van der Waals surface area contributed by atoms with Crippen molar-refractivity contribution in [3.05, 3.63) is 6.42 Å². The van der Waals surface area contributed by atoms with Crippen LogP contribution in [0.15, 0.2) is 0 Å². The third-order valence-electron chi connectivity index (χ3n) is 1.58. The van der Waals surface area contributed by atoms with Crippen molar-refractivity contribution in [3.8, 4) is 0 Å². The van der Waals surface area contributed by atoms with Gasteiger partial charge in [-0.25, -0.2) is 0 Å². The zero-order valence-corrected chi connectivity index (χ0v) is 6.03. The van der Waals surface area contributed by atoms with Gasteiger partial charge in [0.2, 0.25) is 0 Å². The lowest BCUT2D eigenvalue weighted by Crippen LogP contribution is -2.21. The minimum atomic E-state index is -4.18. The molecule has 0 saturated heterocycles. The molecule has 0 bridgehead atoms. The first kappa shape index (κ1) is 8.84. The molecule has 1 unspecified atom stereocenters. The van der Waals surface area contributed by atoms with Gasteiger partial charge in [-0.3, -0.25) is 0 Å². The summed E-state index contributed by atoms with van der Waals surface area (Å²) in [5, 5.41) is 0. The molecule has 1 rings (SSSR count). The third kappa shape index (κ3) is 3.60. The maximum atomic E-state index is 11.6. The standard InChI is InChI=1S/C7H10F3O/c8-7(9,10)5-11-6-3-1-2-4-6/h3,6H,1-2,4-5H2. The van der Waals surface area contributed by atoms with Crippen molar-refractivity contribution < 1.29 is 17.9 Å². The van der Waals surface area contributed by atoms with Gasteiger partial charge < -0.3 is 4.74 Å². The van der Waals surface area contributed by atoms with E-state index in [1.165, 1.54) is 0 Å². The van der Waals surface area contributed by atoms with Crippen molar-refractivity contribution in [2.75, 3.05) is 6.61 Å². The third-order valence-corrected chi connectivity index (χ3v) is 1.58. The Morgan fingerprint density at radius 1 is 1.45 bits per heavy atom. The second-order valence-electron chi connectivity index (χ2n) is 2.63. The van der Waals surface area contributed by atoms with Gasteiger partial charge in [0, 0.05) is 0 Å². The van der Waals surface area contributed by atoms with Gasteiger partial charge in [-0.2, -0.15) is 13.2 Å². The number of hydrogen-bond acceptors (Lipinski definition) is 1. The van der Waals surface area contributed by atoms with Crippen LogP contribution in [0.2, 0.25) is 0 Å². The van der Waals surface area contributed by atoms with Crippen LogP contribution in [0.5, 0.6) is 0 Å². The number of rotatable bonds is 2. The quantitative estimate of drug-likeness (QED) is 0.613. The second kappa shape index (κ2) is 3.43. The normalized spacial score (nSPS) is 21.0. The zero-order chi connectivity index (χ0) is 8.32. The zero-order valence-electron chi connectivity index (χ0n) is 6.03. The van der Waals surface area contributed by atoms with Gasteiger partial charge in [-0.15, -0.1) is 0 Å². The van der Waals surface area contributed by atoms with E-state index in [0.717, 1.165) is 19.3 Å². The Kier molecular flexibility index (Phi) is 2.76. The monoisotopic (exact) mass is 167 g/mol. The molecule has 0 aromatic heterocycles. The predicted molar refractivity (Wildman–Crippen MR) is 33.9 cm³/mol. The van der Waals surface area contributed by atoms with E-state index in [4.69, 9.17) is 0 Å².